The summed E-state index contributed by atoms with van der Waals surface area (Å²) >= 11 is 0. The SMILES string of the molecule is CCOC(=O)C(F)[C@H](N)c1cccc(C(F)(F)F)c1F. The number of esters is 1. The molecule has 8 heteroatoms. The smallest absolute Gasteiger partial charge is 0.419 e. The van der Waals surface area contributed by atoms with Gasteiger partial charge in [0.25, 0.3) is 0 Å². The number of hydrogen-bond donors (Lipinski definition) is 1. The van der Waals surface area contributed by atoms with Gasteiger partial charge < -0.3 is 10.5 Å². The highest BCUT2D eigenvalue weighted by Crippen LogP contribution is 2.34. The molecule has 20 heavy (non-hydrogen) atoms. The van der Waals surface area contributed by atoms with E-state index in [1.54, 1.807) is 0 Å². The minimum atomic E-state index is -4.93. The van der Waals surface area contributed by atoms with Crippen molar-refractivity contribution >= 4 is 5.97 Å². The number of carbonyl (C=O) groups excluding carboxylic acids is 1. The molecule has 1 aromatic carbocycles. The quantitative estimate of drug-likeness (QED) is 0.687. The van der Waals surface area contributed by atoms with Gasteiger partial charge in [0, 0.05) is 5.56 Å². The first-order chi connectivity index (χ1) is 9.20. The van der Waals surface area contributed by atoms with Gasteiger partial charge in [0.15, 0.2) is 0 Å². The first-order valence-electron chi connectivity index (χ1n) is 5.62. The normalized spacial score (nSPS) is 14.8. The standard InChI is InChI=1S/C12H12F5NO2/c1-2-20-11(19)9(14)10(18)6-4-3-5-7(8(6)13)12(15,16)17/h3-5,9-10H,2,18H2,1H3/t9?,10-/m1/s1. The molecule has 0 aromatic heterocycles. The van der Waals surface area contributed by atoms with E-state index in [4.69, 9.17) is 5.73 Å². The summed E-state index contributed by atoms with van der Waals surface area (Å²) in [5, 5.41) is 0. The number of nitrogens with two attached hydrogens (primary N) is 1. The van der Waals surface area contributed by atoms with Crippen molar-refractivity contribution < 1.29 is 31.5 Å². The van der Waals surface area contributed by atoms with Gasteiger partial charge in [-0.2, -0.15) is 13.2 Å². The average Bonchev–Trinajstić information content (AvgIpc) is 2.36. The maximum Gasteiger partial charge on any atom is 0.419 e. The fourth-order valence-corrected chi connectivity index (χ4v) is 1.55. The highest BCUT2D eigenvalue weighted by atomic mass is 19.4. The zero-order chi connectivity index (χ0) is 15.5. The molecule has 2 N–H and O–H groups in total. The van der Waals surface area contributed by atoms with Crippen LogP contribution in [0.5, 0.6) is 0 Å². The Hall–Kier alpha value is -1.70. The fourth-order valence-electron chi connectivity index (χ4n) is 1.55. The molecule has 0 aliphatic rings. The molecule has 0 aliphatic carbocycles. The van der Waals surface area contributed by atoms with Crippen molar-refractivity contribution in [1.82, 2.24) is 0 Å². The first kappa shape index (κ1) is 16.4. The Morgan fingerprint density at radius 3 is 2.50 bits per heavy atom. The van der Waals surface area contributed by atoms with Gasteiger partial charge in [-0.15, -0.1) is 0 Å². The van der Waals surface area contributed by atoms with Crippen LogP contribution in [-0.2, 0) is 15.7 Å². The van der Waals surface area contributed by atoms with Crippen LogP contribution in [0.1, 0.15) is 24.1 Å². The topological polar surface area (TPSA) is 52.3 Å². The van der Waals surface area contributed by atoms with Crippen molar-refractivity contribution in [3.63, 3.8) is 0 Å². The van der Waals surface area contributed by atoms with Crippen LogP contribution < -0.4 is 5.73 Å². The fraction of sp³-hybridized carbons (Fsp3) is 0.417. The van der Waals surface area contributed by atoms with Crippen molar-refractivity contribution in [3.05, 3.63) is 35.1 Å². The van der Waals surface area contributed by atoms with Gasteiger partial charge in [-0.25, -0.2) is 13.6 Å². The van der Waals surface area contributed by atoms with Crippen LogP contribution in [0.4, 0.5) is 22.0 Å². The second kappa shape index (κ2) is 6.17. The highest BCUT2D eigenvalue weighted by molar-refractivity contribution is 5.75. The van der Waals surface area contributed by atoms with Crippen molar-refractivity contribution in [2.45, 2.75) is 25.3 Å². The van der Waals surface area contributed by atoms with E-state index < -0.39 is 41.3 Å². The Kier molecular flexibility index (Phi) is 5.04. The molecule has 1 unspecified atom stereocenters. The molecule has 0 heterocycles. The number of hydrogen-bond acceptors (Lipinski definition) is 3. The van der Waals surface area contributed by atoms with Crippen LogP contribution in [0.15, 0.2) is 18.2 Å². The lowest BCUT2D eigenvalue weighted by Crippen LogP contribution is -2.32. The van der Waals surface area contributed by atoms with E-state index in [0.717, 1.165) is 12.1 Å². The minimum Gasteiger partial charge on any atom is -0.464 e. The van der Waals surface area contributed by atoms with Gasteiger partial charge in [-0.3, -0.25) is 0 Å². The van der Waals surface area contributed by atoms with Crippen LogP contribution in [-0.4, -0.2) is 18.7 Å². The second-order valence-corrected chi connectivity index (χ2v) is 3.89. The lowest BCUT2D eigenvalue weighted by atomic mass is 9.99. The highest BCUT2D eigenvalue weighted by Gasteiger charge is 2.37. The number of benzene rings is 1. The predicted molar refractivity (Wildman–Crippen MR) is 59.9 cm³/mol. The molecule has 0 bridgehead atoms. The monoisotopic (exact) mass is 297 g/mol. The Balaban J connectivity index is 3.11. The van der Waals surface area contributed by atoms with Crippen molar-refractivity contribution in [1.29, 1.82) is 0 Å². The predicted octanol–water partition coefficient (Wildman–Crippen LogP) is 2.75. The molecule has 0 saturated carbocycles. The van der Waals surface area contributed by atoms with E-state index in [-0.39, 0.29) is 6.61 Å². The summed E-state index contributed by atoms with van der Waals surface area (Å²) < 4.78 is 69.2. The van der Waals surface area contributed by atoms with E-state index in [9.17, 15) is 26.7 Å². The summed E-state index contributed by atoms with van der Waals surface area (Å²) in [7, 11) is 0. The van der Waals surface area contributed by atoms with E-state index in [1.807, 2.05) is 0 Å². The van der Waals surface area contributed by atoms with E-state index in [1.165, 1.54) is 6.92 Å². The Labute approximate surface area is 111 Å². The van der Waals surface area contributed by atoms with Crippen molar-refractivity contribution in [3.8, 4) is 0 Å². The largest absolute Gasteiger partial charge is 0.464 e. The molecule has 0 radical (unpaired) electrons. The maximum absolute atomic E-state index is 13.7. The molecular formula is C12H12F5NO2. The molecule has 0 spiro atoms. The summed E-state index contributed by atoms with van der Waals surface area (Å²) in [6, 6.07) is 0.403. The van der Waals surface area contributed by atoms with Gasteiger partial charge in [-0.05, 0) is 13.0 Å². The summed E-state index contributed by atoms with van der Waals surface area (Å²) in [6.07, 6.45) is -7.39. The number of carbonyl (C=O) groups is 1. The Bertz CT molecular complexity index is 489. The second-order valence-electron chi connectivity index (χ2n) is 3.89. The third-order valence-corrected chi connectivity index (χ3v) is 2.52. The third kappa shape index (κ3) is 3.44. The molecule has 0 fully saturated rings. The van der Waals surface area contributed by atoms with Crippen LogP contribution >= 0.6 is 0 Å². The third-order valence-electron chi connectivity index (χ3n) is 2.52. The maximum atomic E-state index is 13.7. The molecule has 0 aliphatic heterocycles. The van der Waals surface area contributed by atoms with Gasteiger partial charge in [0.05, 0.1) is 18.2 Å². The summed E-state index contributed by atoms with van der Waals surface area (Å²) in [4.78, 5) is 11.1. The Morgan fingerprint density at radius 2 is 2.00 bits per heavy atom. The van der Waals surface area contributed by atoms with E-state index in [2.05, 4.69) is 4.74 Å². The van der Waals surface area contributed by atoms with Crippen LogP contribution in [0.25, 0.3) is 0 Å². The zero-order valence-electron chi connectivity index (χ0n) is 10.4. The van der Waals surface area contributed by atoms with Gasteiger partial charge in [0.2, 0.25) is 6.17 Å². The summed E-state index contributed by atoms with van der Waals surface area (Å²) in [5.74, 6) is -3.05. The molecule has 112 valence electrons. The molecule has 1 aromatic rings. The molecule has 0 saturated heterocycles. The van der Waals surface area contributed by atoms with Gasteiger partial charge >= 0.3 is 12.1 Å². The molecule has 1 rings (SSSR count). The van der Waals surface area contributed by atoms with E-state index >= 15 is 0 Å². The van der Waals surface area contributed by atoms with Crippen LogP contribution in [0.3, 0.4) is 0 Å². The molecule has 2 atom stereocenters. The number of ether oxygens (including phenoxy) is 1. The summed E-state index contributed by atoms with van der Waals surface area (Å²) in [5.41, 5.74) is 3.00. The van der Waals surface area contributed by atoms with Crippen molar-refractivity contribution in [2.75, 3.05) is 6.61 Å². The molecule has 0 amide bonds. The van der Waals surface area contributed by atoms with Gasteiger partial charge in [0.1, 0.15) is 5.82 Å². The zero-order valence-corrected chi connectivity index (χ0v) is 10.4. The summed E-state index contributed by atoms with van der Waals surface area (Å²) in [6.45, 7) is 1.29. The lowest BCUT2D eigenvalue weighted by Gasteiger charge is -2.18. The average molecular weight is 297 g/mol. The van der Waals surface area contributed by atoms with Gasteiger partial charge in [-0.1, -0.05) is 12.1 Å². The van der Waals surface area contributed by atoms with Crippen LogP contribution in [0.2, 0.25) is 0 Å². The first-order valence-corrected chi connectivity index (χ1v) is 5.62. The number of alkyl halides is 4. The molecular weight excluding hydrogens is 285 g/mol. The number of halogens is 5. The molecule has 3 nitrogen and oxygen atoms in total. The minimum absolute atomic E-state index is 0.128. The Morgan fingerprint density at radius 1 is 1.40 bits per heavy atom. The van der Waals surface area contributed by atoms with Crippen LogP contribution in [0, 0.1) is 5.82 Å². The van der Waals surface area contributed by atoms with Crippen molar-refractivity contribution in [2.24, 2.45) is 5.73 Å². The van der Waals surface area contributed by atoms with E-state index in [0.29, 0.717) is 6.07 Å². The lowest BCUT2D eigenvalue weighted by molar-refractivity contribution is -0.149. The number of rotatable bonds is 4.